The average molecular weight is 267 g/mol. The number of hydrogen-bond acceptors (Lipinski definition) is 3. The zero-order chi connectivity index (χ0) is 13.5. The van der Waals surface area contributed by atoms with E-state index in [4.69, 9.17) is 4.74 Å². The highest BCUT2D eigenvalue weighted by Gasteiger charge is 2.07. The Hall–Kier alpha value is -1.16. The van der Waals surface area contributed by atoms with Crippen LogP contribution in [0.1, 0.15) is 23.1 Å². The molecule has 0 heterocycles. The van der Waals surface area contributed by atoms with Crippen LogP contribution in [0, 0.1) is 13.8 Å². The molecule has 0 atom stereocenters. The number of carbonyl (C=O) groups excluding carboxylic acids is 1. The maximum absolute atomic E-state index is 11.3. The van der Waals surface area contributed by atoms with E-state index in [1.54, 1.807) is 7.11 Å². The summed E-state index contributed by atoms with van der Waals surface area (Å²) in [5.74, 6) is 1.57. The first-order valence-electron chi connectivity index (χ1n) is 6.10. The fraction of sp³-hybridized carbons (Fsp3) is 0.500. The highest BCUT2D eigenvalue weighted by atomic mass is 32.1. The van der Waals surface area contributed by atoms with E-state index in [0.717, 1.165) is 17.7 Å². The highest BCUT2D eigenvalue weighted by molar-refractivity contribution is 7.80. The van der Waals surface area contributed by atoms with Crippen molar-refractivity contribution >= 4 is 18.5 Å². The summed E-state index contributed by atoms with van der Waals surface area (Å²) in [6.45, 7) is 4.80. The zero-order valence-corrected chi connectivity index (χ0v) is 12.1. The minimum Gasteiger partial charge on any atom is -0.496 e. The maximum atomic E-state index is 11.3. The second kappa shape index (κ2) is 7.31. The van der Waals surface area contributed by atoms with E-state index >= 15 is 0 Å². The van der Waals surface area contributed by atoms with E-state index in [0.29, 0.717) is 18.7 Å². The van der Waals surface area contributed by atoms with Gasteiger partial charge in [-0.15, -0.1) is 0 Å². The summed E-state index contributed by atoms with van der Waals surface area (Å²) in [5, 5.41) is 2.89. The summed E-state index contributed by atoms with van der Waals surface area (Å²) in [6, 6.07) is 4.04. The number of amides is 1. The molecule has 0 saturated heterocycles. The molecule has 1 aromatic carbocycles. The number of carbonyl (C=O) groups is 1. The van der Waals surface area contributed by atoms with Gasteiger partial charge in [-0.3, -0.25) is 4.79 Å². The molecule has 0 radical (unpaired) electrons. The summed E-state index contributed by atoms with van der Waals surface area (Å²) < 4.78 is 5.28. The van der Waals surface area contributed by atoms with Crippen molar-refractivity contribution in [3.8, 4) is 5.75 Å². The van der Waals surface area contributed by atoms with Crippen molar-refractivity contribution in [3.63, 3.8) is 0 Å². The standard InChI is InChI=1S/C14H21NO2S/c1-10-11(2)13(17-3)5-4-12(10)6-8-15-14(16)7-9-18/h4-5,18H,6-9H2,1-3H3,(H,15,16). The van der Waals surface area contributed by atoms with Crippen LogP contribution >= 0.6 is 12.6 Å². The third kappa shape index (κ3) is 3.95. The molecule has 18 heavy (non-hydrogen) atoms. The van der Waals surface area contributed by atoms with Gasteiger partial charge in [0.2, 0.25) is 5.91 Å². The lowest BCUT2D eigenvalue weighted by atomic mass is 10.00. The topological polar surface area (TPSA) is 38.3 Å². The molecule has 1 rings (SSSR count). The second-order valence-corrected chi connectivity index (χ2v) is 4.70. The van der Waals surface area contributed by atoms with Gasteiger partial charge in [0.25, 0.3) is 0 Å². The Labute approximate surface area is 114 Å². The van der Waals surface area contributed by atoms with Gasteiger partial charge in [0.1, 0.15) is 5.75 Å². The SMILES string of the molecule is COc1ccc(CCNC(=O)CCS)c(C)c1C. The fourth-order valence-electron chi connectivity index (χ4n) is 1.87. The Morgan fingerprint density at radius 1 is 1.33 bits per heavy atom. The van der Waals surface area contributed by atoms with Gasteiger partial charge in [-0.05, 0) is 48.8 Å². The Balaban J connectivity index is 2.58. The molecular formula is C14H21NO2S. The van der Waals surface area contributed by atoms with Crippen LogP contribution in [0.2, 0.25) is 0 Å². The molecule has 0 aliphatic heterocycles. The molecule has 0 bridgehead atoms. The third-order valence-electron chi connectivity index (χ3n) is 3.12. The van der Waals surface area contributed by atoms with Crippen LogP contribution < -0.4 is 10.1 Å². The first kappa shape index (κ1) is 14.9. The van der Waals surface area contributed by atoms with Crippen molar-refractivity contribution in [1.82, 2.24) is 5.32 Å². The first-order chi connectivity index (χ1) is 8.60. The van der Waals surface area contributed by atoms with Gasteiger partial charge in [0, 0.05) is 13.0 Å². The van der Waals surface area contributed by atoms with Crippen LogP contribution in [0.5, 0.6) is 5.75 Å². The second-order valence-electron chi connectivity index (χ2n) is 4.25. The van der Waals surface area contributed by atoms with Gasteiger partial charge >= 0.3 is 0 Å². The van der Waals surface area contributed by atoms with E-state index in [2.05, 4.69) is 37.9 Å². The molecule has 0 saturated carbocycles. The molecule has 0 aliphatic carbocycles. The molecule has 3 nitrogen and oxygen atoms in total. The van der Waals surface area contributed by atoms with Crippen molar-refractivity contribution in [2.45, 2.75) is 26.7 Å². The summed E-state index contributed by atoms with van der Waals surface area (Å²) in [4.78, 5) is 11.3. The number of nitrogens with one attached hydrogen (secondary N) is 1. The van der Waals surface area contributed by atoms with Crippen LogP contribution in [0.4, 0.5) is 0 Å². The predicted molar refractivity (Wildman–Crippen MR) is 77.7 cm³/mol. The Morgan fingerprint density at radius 2 is 2.06 bits per heavy atom. The molecule has 0 unspecified atom stereocenters. The van der Waals surface area contributed by atoms with E-state index in [9.17, 15) is 4.79 Å². The molecule has 1 amide bonds. The van der Waals surface area contributed by atoms with E-state index in [1.165, 1.54) is 11.1 Å². The molecule has 0 aromatic heterocycles. The Bertz CT molecular complexity index is 419. The van der Waals surface area contributed by atoms with E-state index < -0.39 is 0 Å². The van der Waals surface area contributed by atoms with Crippen LogP contribution in [0.25, 0.3) is 0 Å². The normalized spacial score (nSPS) is 10.2. The fourth-order valence-corrected chi connectivity index (χ4v) is 2.07. The van der Waals surface area contributed by atoms with Gasteiger partial charge in [0.05, 0.1) is 7.11 Å². The van der Waals surface area contributed by atoms with E-state index in [1.807, 2.05) is 6.07 Å². The Morgan fingerprint density at radius 3 is 2.67 bits per heavy atom. The van der Waals surface area contributed by atoms with Crippen LogP contribution in [0.3, 0.4) is 0 Å². The summed E-state index contributed by atoms with van der Waals surface area (Å²) in [5.41, 5.74) is 3.65. The molecule has 4 heteroatoms. The first-order valence-corrected chi connectivity index (χ1v) is 6.74. The Kier molecular flexibility index (Phi) is 6.05. The van der Waals surface area contributed by atoms with Crippen molar-refractivity contribution in [1.29, 1.82) is 0 Å². The van der Waals surface area contributed by atoms with Crippen molar-refractivity contribution in [2.24, 2.45) is 0 Å². The maximum Gasteiger partial charge on any atom is 0.220 e. The summed E-state index contributed by atoms with van der Waals surface area (Å²) in [6.07, 6.45) is 1.32. The minimum absolute atomic E-state index is 0.0629. The van der Waals surface area contributed by atoms with Crippen LogP contribution in [-0.2, 0) is 11.2 Å². The monoisotopic (exact) mass is 267 g/mol. The predicted octanol–water partition coefficient (Wildman–Crippen LogP) is 2.29. The van der Waals surface area contributed by atoms with Gasteiger partial charge < -0.3 is 10.1 Å². The van der Waals surface area contributed by atoms with Gasteiger partial charge in [-0.2, -0.15) is 12.6 Å². The number of hydrogen-bond donors (Lipinski definition) is 2. The van der Waals surface area contributed by atoms with Gasteiger partial charge in [0.15, 0.2) is 0 Å². The van der Waals surface area contributed by atoms with Gasteiger partial charge in [-0.25, -0.2) is 0 Å². The van der Waals surface area contributed by atoms with Crippen molar-refractivity contribution in [3.05, 3.63) is 28.8 Å². The molecule has 0 aliphatic rings. The van der Waals surface area contributed by atoms with Crippen molar-refractivity contribution in [2.75, 3.05) is 19.4 Å². The molecular weight excluding hydrogens is 246 g/mol. The number of ether oxygens (including phenoxy) is 1. The average Bonchev–Trinajstić information content (AvgIpc) is 2.35. The summed E-state index contributed by atoms with van der Waals surface area (Å²) in [7, 11) is 1.68. The minimum atomic E-state index is 0.0629. The molecule has 0 fully saturated rings. The largest absolute Gasteiger partial charge is 0.496 e. The molecule has 1 aromatic rings. The van der Waals surface area contributed by atoms with Crippen molar-refractivity contribution < 1.29 is 9.53 Å². The summed E-state index contributed by atoms with van der Waals surface area (Å²) >= 11 is 4.03. The number of rotatable bonds is 6. The molecule has 1 N–H and O–H groups in total. The van der Waals surface area contributed by atoms with E-state index in [-0.39, 0.29) is 5.91 Å². The lowest BCUT2D eigenvalue weighted by Crippen LogP contribution is -2.25. The lowest BCUT2D eigenvalue weighted by molar-refractivity contribution is -0.120. The molecule has 0 spiro atoms. The van der Waals surface area contributed by atoms with Gasteiger partial charge in [-0.1, -0.05) is 6.07 Å². The zero-order valence-electron chi connectivity index (χ0n) is 11.2. The third-order valence-corrected chi connectivity index (χ3v) is 3.35. The van der Waals surface area contributed by atoms with Crippen LogP contribution in [-0.4, -0.2) is 25.3 Å². The smallest absolute Gasteiger partial charge is 0.220 e. The van der Waals surface area contributed by atoms with Crippen LogP contribution in [0.15, 0.2) is 12.1 Å². The number of benzene rings is 1. The quantitative estimate of drug-likeness (QED) is 0.776. The molecule has 100 valence electrons. The number of thiol groups is 1. The number of methoxy groups -OCH3 is 1. The highest BCUT2D eigenvalue weighted by Crippen LogP contribution is 2.23. The lowest BCUT2D eigenvalue weighted by Gasteiger charge is -2.12.